The Kier molecular flexibility index (Phi) is 3.03. The molecule has 90 valence electrons. The Morgan fingerprint density at radius 2 is 2.18 bits per heavy atom. The molecular weight excluding hydrogens is 225 g/mol. The van der Waals surface area contributed by atoms with E-state index in [1.165, 1.54) is 4.57 Å². The molecule has 0 spiro atoms. The zero-order valence-electron chi connectivity index (χ0n) is 9.55. The lowest BCUT2D eigenvalue weighted by Gasteiger charge is -2.01. The zero-order chi connectivity index (χ0) is 12.4. The molecule has 0 aliphatic heterocycles. The van der Waals surface area contributed by atoms with Crippen LogP contribution in [0.2, 0.25) is 0 Å². The first-order valence-corrected chi connectivity index (χ1v) is 5.24. The van der Waals surface area contributed by atoms with Gasteiger partial charge in [0.2, 0.25) is 11.8 Å². The van der Waals surface area contributed by atoms with E-state index in [1.54, 1.807) is 0 Å². The third-order valence-corrected chi connectivity index (χ3v) is 2.23. The summed E-state index contributed by atoms with van der Waals surface area (Å²) in [5.41, 5.74) is -0.310. The highest BCUT2D eigenvalue weighted by Gasteiger charge is 2.10. The van der Waals surface area contributed by atoms with Crippen LogP contribution in [0.1, 0.15) is 31.5 Å². The van der Waals surface area contributed by atoms with Crippen molar-refractivity contribution in [1.29, 1.82) is 0 Å². The second-order valence-electron chi connectivity index (χ2n) is 4.00. The first-order chi connectivity index (χ1) is 8.06. The second kappa shape index (κ2) is 4.48. The Labute approximate surface area is 96.9 Å². The summed E-state index contributed by atoms with van der Waals surface area (Å²) in [7, 11) is 0. The van der Waals surface area contributed by atoms with E-state index in [0.717, 1.165) is 18.3 Å². The quantitative estimate of drug-likeness (QED) is 0.812. The zero-order valence-corrected chi connectivity index (χ0v) is 9.55. The van der Waals surface area contributed by atoms with Gasteiger partial charge in [0.15, 0.2) is 0 Å². The molecule has 0 amide bonds. The number of pyridine rings is 1. The molecule has 0 aliphatic carbocycles. The van der Waals surface area contributed by atoms with Crippen LogP contribution in [0.5, 0.6) is 0 Å². The normalized spacial score (nSPS) is 11.1. The van der Waals surface area contributed by atoms with Gasteiger partial charge in [-0.05, 0) is 6.07 Å². The Morgan fingerprint density at radius 1 is 1.41 bits per heavy atom. The van der Waals surface area contributed by atoms with E-state index in [9.17, 15) is 9.18 Å². The molecule has 5 nitrogen and oxygen atoms in total. The highest BCUT2D eigenvalue weighted by molar-refractivity contribution is 4.98. The van der Waals surface area contributed by atoms with Crippen molar-refractivity contribution < 1.29 is 8.81 Å². The molecule has 0 radical (unpaired) electrons. The van der Waals surface area contributed by atoms with Crippen molar-refractivity contribution >= 4 is 0 Å². The van der Waals surface area contributed by atoms with Gasteiger partial charge < -0.3 is 8.98 Å². The van der Waals surface area contributed by atoms with Crippen LogP contribution in [0.15, 0.2) is 27.5 Å². The molecule has 0 saturated heterocycles. The van der Waals surface area contributed by atoms with Crippen LogP contribution in [-0.4, -0.2) is 14.8 Å². The molecule has 0 saturated carbocycles. The van der Waals surface area contributed by atoms with Crippen LogP contribution in [-0.2, 0) is 6.54 Å². The minimum Gasteiger partial charge on any atom is -0.423 e. The van der Waals surface area contributed by atoms with Crippen LogP contribution in [0.4, 0.5) is 4.39 Å². The smallest absolute Gasteiger partial charge is 0.251 e. The summed E-state index contributed by atoms with van der Waals surface area (Å²) in [5, 5.41) is 7.64. The molecule has 2 aromatic rings. The molecule has 0 N–H and O–H groups in total. The van der Waals surface area contributed by atoms with Gasteiger partial charge in [-0.25, -0.2) is 4.39 Å². The van der Waals surface area contributed by atoms with Crippen molar-refractivity contribution in [3.05, 3.63) is 46.3 Å². The number of nitrogens with zero attached hydrogens (tertiary/aromatic N) is 3. The molecule has 2 rings (SSSR count). The number of halogens is 1. The number of hydrogen-bond acceptors (Lipinski definition) is 4. The standard InChI is InChI=1S/C11H12FN3O2/c1-7(2)11-14-13-9(17-11)6-15-5-8(12)3-4-10(15)16/h3-5,7H,6H2,1-2H3. The van der Waals surface area contributed by atoms with E-state index in [2.05, 4.69) is 10.2 Å². The Hall–Kier alpha value is -1.98. The Balaban J connectivity index is 2.25. The summed E-state index contributed by atoms with van der Waals surface area (Å²) in [4.78, 5) is 11.4. The van der Waals surface area contributed by atoms with Crippen LogP contribution in [0, 0.1) is 5.82 Å². The van der Waals surface area contributed by atoms with Gasteiger partial charge in [0, 0.05) is 18.2 Å². The molecule has 17 heavy (non-hydrogen) atoms. The predicted octanol–water partition coefficient (Wildman–Crippen LogP) is 1.54. The van der Waals surface area contributed by atoms with E-state index in [1.807, 2.05) is 13.8 Å². The number of aromatic nitrogens is 3. The lowest BCUT2D eigenvalue weighted by molar-refractivity contribution is 0.419. The van der Waals surface area contributed by atoms with Crippen LogP contribution in [0.3, 0.4) is 0 Å². The highest BCUT2D eigenvalue weighted by atomic mass is 19.1. The minimum atomic E-state index is -0.479. The lowest BCUT2D eigenvalue weighted by atomic mass is 10.2. The summed E-state index contributed by atoms with van der Waals surface area (Å²) >= 11 is 0. The van der Waals surface area contributed by atoms with E-state index in [-0.39, 0.29) is 18.0 Å². The second-order valence-corrected chi connectivity index (χ2v) is 4.00. The summed E-state index contributed by atoms with van der Waals surface area (Å²) in [6, 6.07) is 2.28. The fourth-order valence-corrected chi connectivity index (χ4v) is 1.34. The summed E-state index contributed by atoms with van der Waals surface area (Å²) < 4.78 is 19.5. The molecule has 0 unspecified atom stereocenters. The van der Waals surface area contributed by atoms with Crippen molar-refractivity contribution in [2.45, 2.75) is 26.3 Å². The average Bonchev–Trinajstić information content (AvgIpc) is 2.72. The van der Waals surface area contributed by atoms with Crippen molar-refractivity contribution in [3.63, 3.8) is 0 Å². The number of hydrogen-bond donors (Lipinski definition) is 0. The highest BCUT2D eigenvalue weighted by Crippen LogP contribution is 2.12. The third kappa shape index (κ3) is 2.58. The summed E-state index contributed by atoms with van der Waals surface area (Å²) in [5.74, 6) is 0.444. The topological polar surface area (TPSA) is 60.9 Å². The summed E-state index contributed by atoms with van der Waals surface area (Å²) in [6.45, 7) is 3.92. The largest absolute Gasteiger partial charge is 0.423 e. The van der Waals surface area contributed by atoms with Crippen molar-refractivity contribution in [1.82, 2.24) is 14.8 Å². The molecule has 0 bridgehead atoms. The maximum atomic E-state index is 13.0. The van der Waals surface area contributed by atoms with Crippen LogP contribution in [0.25, 0.3) is 0 Å². The maximum Gasteiger partial charge on any atom is 0.251 e. The van der Waals surface area contributed by atoms with E-state index in [0.29, 0.717) is 11.8 Å². The molecule has 0 aliphatic rings. The van der Waals surface area contributed by atoms with Gasteiger partial charge in [0.25, 0.3) is 5.56 Å². The van der Waals surface area contributed by atoms with Crippen LogP contribution < -0.4 is 5.56 Å². The fraction of sp³-hybridized carbons (Fsp3) is 0.364. The molecule has 0 aromatic carbocycles. The van der Waals surface area contributed by atoms with Crippen molar-refractivity contribution in [3.8, 4) is 0 Å². The first kappa shape index (κ1) is 11.5. The van der Waals surface area contributed by atoms with Gasteiger partial charge in [-0.3, -0.25) is 4.79 Å². The van der Waals surface area contributed by atoms with Gasteiger partial charge in [-0.15, -0.1) is 10.2 Å². The SMILES string of the molecule is CC(C)c1nnc(Cn2cc(F)ccc2=O)o1. The van der Waals surface area contributed by atoms with Crippen LogP contribution >= 0.6 is 0 Å². The van der Waals surface area contributed by atoms with Crippen molar-refractivity contribution in [2.24, 2.45) is 0 Å². The Bertz CT molecular complexity index is 574. The minimum absolute atomic E-state index is 0.0797. The molecule has 0 fully saturated rings. The average molecular weight is 237 g/mol. The molecule has 6 heteroatoms. The molecule has 2 aromatic heterocycles. The van der Waals surface area contributed by atoms with Crippen molar-refractivity contribution in [2.75, 3.05) is 0 Å². The van der Waals surface area contributed by atoms with E-state index in [4.69, 9.17) is 4.42 Å². The third-order valence-electron chi connectivity index (χ3n) is 2.23. The Morgan fingerprint density at radius 3 is 2.82 bits per heavy atom. The van der Waals surface area contributed by atoms with Gasteiger partial charge in [0.1, 0.15) is 12.4 Å². The summed E-state index contributed by atoms with van der Waals surface area (Å²) in [6.07, 6.45) is 1.11. The van der Waals surface area contributed by atoms with Gasteiger partial charge in [-0.1, -0.05) is 13.8 Å². The van der Waals surface area contributed by atoms with Gasteiger partial charge >= 0.3 is 0 Å². The molecule has 0 atom stereocenters. The first-order valence-electron chi connectivity index (χ1n) is 5.24. The van der Waals surface area contributed by atoms with E-state index >= 15 is 0 Å². The van der Waals surface area contributed by atoms with Gasteiger partial charge in [-0.2, -0.15) is 0 Å². The number of rotatable bonds is 3. The predicted molar refractivity (Wildman–Crippen MR) is 58.1 cm³/mol. The maximum absolute atomic E-state index is 13.0. The lowest BCUT2D eigenvalue weighted by Crippen LogP contribution is -2.19. The fourth-order valence-electron chi connectivity index (χ4n) is 1.34. The molecule has 2 heterocycles. The molecular formula is C11H12FN3O2. The monoisotopic (exact) mass is 237 g/mol. The van der Waals surface area contributed by atoms with Gasteiger partial charge in [0.05, 0.1) is 0 Å². The van der Waals surface area contributed by atoms with E-state index < -0.39 is 5.82 Å².